The van der Waals surface area contributed by atoms with Crippen LogP contribution < -0.4 is 10.6 Å². The standard InChI is InChI=1S/C15H25N5/c1-3-20(12-6-7-12)9-8-17-14-10-13(16-2)18-15(19-14)11-4-5-11/h10-12H,3-9H2,1-2H3,(H2,16,17,18,19). The molecule has 0 aromatic carbocycles. The Bertz CT molecular complexity index is 454. The fourth-order valence-corrected chi connectivity index (χ4v) is 2.57. The van der Waals surface area contributed by atoms with Gasteiger partial charge in [0.15, 0.2) is 0 Å². The smallest absolute Gasteiger partial charge is 0.136 e. The molecule has 0 bridgehead atoms. The predicted octanol–water partition coefficient (Wildman–Crippen LogP) is 2.29. The maximum atomic E-state index is 4.65. The number of nitrogens with one attached hydrogen (secondary N) is 2. The van der Waals surface area contributed by atoms with Crippen molar-refractivity contribution in [2.75, 3.05) is 37.3 Å². The summed E-state index contributed by atoms with van der Waals surface area (Å²) in [5.41, 5.74) is 0. The van der Waals surface area contributed by atoms with Gasteiger partial charge in [0.05, 0.1) is 0 Å². The third-order valence-corrected chi connectivity index (χ3v) is 4.12. The Morgan fingerprint density at radius 2 is 1.95 bits per heavy atom. The number of rotatable bonds is 8. The topological polar surface area (TPSA) is 53.1 Å². The summed E-state index contributed by atoms with van der Waals surface area (Å²) in [7, 11) is 1.91. The zero-order chi connectivity index (χ0) is 13.9. The molecule has 110 valence electrons. The lowest BCUT2D eigenvalue weighted by molar-refractivity contribution is 0.289. The van der Waals surface area contributed by atoms with Crippen LogP contribution in [0, 0.1) is 0 Å². The molecule has 3 rings (SSSR count). The largest absolute Gasteiger partial charge is 0.373 e. The molecule has 2 N–H and O–H groups in total. The predicted molar refractivity (Wildman–Crippen MR) is 82.3 cm³/mol. The van der Waals surface area contributed by atoms with Gasteiger partial charge in [-0.2, -0.15) is 0 Å². The molecule has 0 amide bonds. The van der Waals surface area contributed by atoms with Gasteiger partial charge >= 0.3 is 0 Å². The molecule has 2 aliphatic carbocycles. The van der Waals surface area contributed by atoms with Crippen molar-refractivity contribution >= 4 is 11.6 Å². The van der Waals surface area contributed by atoms with Crippen molar-refractivity contribution in [2.45, 2.75) is 44.6 Å². The number of anilines is 2. The third-order valence-electron chi connectivity index (χ3n) is 4.12. The van der Waals surface area contributed by atoms with E-state index in [1.807, 2.05) is 13.1 Å². The molecule has 0 unspecified atom stereocenters. The molecule has 20 heavy (non-hydrogen) atoms. The zero-order valence-corrected chi connectivity index (χ0v) is 12.5. The van der Waals surface area contributed by atoms with E-state index in [0.29, 0.717) is 5.92 Å². The fraction of sp³-hybridized carbons (Fsp3) is 0.733. The van der Waals surface area contributed by atoms with Crippen LogP contribution >= 0.6 is 0 Å². The molecule has 2 aliphatic rings. The molecule has 5 heteroatoms. The van der Waals surface area contributed by atoms with E-state index < -0.39 is 0 Å². The second-order valence-corrected chi connectivity index (χ2v) is 5.81. The summed E-state index contributed by atoms with van der Waals surface area (Å²) < 4.78 is 0. The van der Waals surface area contributed by atoms with Crippen molar-refractivity contribution in [3.05, 3.63) is 11.9 Å². The van der Waals surface area contributed by atoms with Crippen molar-refractivity contribution in [3.63, 3.8) is 0 Å². The van der Waals surface area contributed by atoms with Crippen molar-refractivity contribution in [2.24, 2.45) is 0 Å². The minimum Gasteiger partial charge on any atom is -0.373 e. The SMILES string of the molecule is CCN(CCNc1cc(NC)nc(C2CC2)n1)C1CC1. The summed E-state index contributed by atoms with van der Waals surface area (Å²) in [6.07, 6.45) is 5.21. The monoisotopic (exact) mass is 275 g/mol. The fourth-order valence-electron chi connectivity index (χ4n) is 2.57. The number of nitrogens with zero attached hydrogens (tertiary/aromatic N) is 3. The number of hydrogen-bond donors (Lipinski definition) is 2. The van der Waals surface area contributed by atoms with Crippen molar-refractivity contribution in [3.8, 4) is 0 Å². The van der Waals surface area contributed by atoms with Crippen LogP contribution in [-0.2, 0) is 0 Å². The van der Waals surface area contributed by atoms with Crippen molar-refractivity contribution < 1.29 is 0 Å². The molecule has 0 saturated heterocycles. The quantitative estimate of drug-likeness (QED) is 0.762. The first kappa shape index (κ1) is 13.6. The van der Waals surface area contributed by atoms with Gasteiger partial charge in [0.2, 0.25) is 0 Å². The molecule has 0 atom stereocenters. The van der Waals surface area contributed by atoms with Gasteiger partial charge in [0.25, 0.3) is 0 Å². The van der Waals surface area contributed by atoms with Crippen molar-refractivity contribution in [1.29, 1.82) is 0 Å². The van der Waals surface area contributed by atoms with Crippen LogP contribution in [0.1, 0.15) is 44.3 Å². The Kier molecular flexibility index (Phi) is 4.05. The molecule has 2 fully saturated rings. The second kappa shape index (κ2) is 5.95. The first-order valence-electron chi connectivity index (χ1n) is 7.84. The van der Waals surface area contributed by atoms with Gasteiger partial charge in [-0.25, -0.2) is 9.97 Å². The molecule has 5 nitrogen and oxygen atoms in total. The van der Waals surface area contributed by atoms with Crippen LogP contribution in [0.3, 0.4) is 0 Å². The summed E-state index contributed by atoms with van der Waals surface area (Å²) in [5, 5.41) is 6.58. The van der Waals surface area contributed by atoms with E-state index in [4.69, 9.17) is 0 Å². The molecule has 0 spiro atoms. The van der Waals surface area contributed by atoms with E-state index >= 15 is 0 Å². The minimum atomic E-state index is 0.586. The zero-order valence-electron chi connectivity index (χ0n) is 12.5. The lowest BCUT2D eigenvalue weighted by atomic mass is 10.3. The highest BCUT2D eigenvalue weighted by molar-refractivity contribution is 5.47. The number of likely N-dealkylation sites (N-methyl/N-ethyl adjacent to an activating group) is 1. The Balaban J connectivity index is 1.57. The number of aromatic nitrogens is 2. The average Bonchev–Trinajstić information content (AvgIpc) is 3.34. The first-order valence-corrected chi connectivity index (χ1v) is 7.84. The van der Waals surface area contributed by atoms with Gasteiger partial charge in [0.1, 0.15) is 17.5 Å². The van der Waals surface area contributed by atoms with Gasteiger partial charge < -0.3 is 10.6 Å². The highest BCUT2D eigenvalue weighted by Gasteiger charge is 2.28. The van der Waals surface area contributed by atoms with E-state index in [0.717, 1.165) is 43.1 Å². The first-order chi connectivity index (χ1) is 9.80. The van der Waals surface area contributed by atoms with E-state index in [1.54, 1.807) is 0 Å². The van der Waals surface area contributed by atoms with Crippen LogP contribution in [0.5, 0.6) is 0 Å². The molecule has 1 aromatic rings. The van der Waals surface area contributed by atoms with Crippen LogP contribution in [0.25, 0.3) is 0 Å². The summed E-state index contributed by atoms with van der Waals surface area (Å²) in [6, 6.07) is 2.83. The van der Waals surface area contributed by atoms with Gasteiger partial charge in [-0.05, 0) is 32.2 Å². The Hall–Kier alpha value is -1.36. The minimum absolute atomic E-state index is 0.586. The van der Waals surface area contributed by atoms with E-state index in [1.165, 1.54) is 25.7 Å². The molecule has 2 saturated carbocycles. The molecule has 0 radical (unpaired) electrons. The Morgan fingerprint density at radius 3 is 2.55 bits per heavy atom. The third kappa shape index (κ3) is 3.39. The van der Waals surface area contributed by atoms with Gasteiger partial charge in [-0.1, -0.05) is 6.92 Å². The summed E-state index contributed by atoms with van der Waals surface area (Å²) >= 11 is 0. The molecular formula is C15H25N5. The summed E-state index contributed by atoms with van der Waals surface area (Å²) in [5.74, 6) is 3.45. The van der Waals surface area contributed by atoms with E-state index in [9.17, 15) is 0 Å². The summed E-state index contributed by atoms with van der Waals surface area (Å²) in [4.78, 5) is 11.7. The normalized spacial score (nSPS) is 18.4. The van der Waals surface area contributed by atoms with Crippen LogP contribution in [-0.4, -0.2) is 47.6 Å². The van der Waals surface area contributed by atoms with Gasteiger partial charge in [-0.15, -0.1) is 0 Å². The second-order valence-electron chi connectivity index (χ2n) is 5.81. The highest BCUT2D eigenvalue weighted by Crippen LogP contribution is 2.38. The molecule has 1 heterocycles. The lowest BCUT2D eigenvalue weighted by Gasteiger charge is -2.20. The molecule has 0 aliphatic heterocycles. The van der Waals surface area contributed by atoms with Crippen molar-refractivity contribution in [1.82, 2.24) is 14.9 Å². The van der Waals surface area contributed by atoms with E-state index in [2.05, 4.69) is 32.4 Å². The van der Waals surface area contributed by atoms with Crippen LogP contribution in [0.4, 0.5) is 11.6 Å². The summed E-state index contributed by atoms with van der Waals surface area (Å²) in [6.45, 7) is 5.44. The lowest BCUT2D eigenvalue weighted by Crippen LogP contribution is -2.31. The molecular weight excluding hydrogens is 250 g/mol. The van der Waals surface area contributed by atoms with Crippen LogP contribution in [0.2, 0.25) is 0 Å². The average molecular weight is 275 g/mol. The van der Waals surface area contributed by atoms with Crippen LogP contribution in [0.15, 0.2) is 6.07 Å². The highest BCUT2D eigenvalue weighted by atomic mass is 15.2. The Morgan fingerprint density at radius 1 is 1.20 bits per heavy atom. The van der Waals surface area contributed by atoms with Gasteiger partial charge in [-0.3, -0.25) is 4.90 Å². The number of hydrogen-bond acceptors (Lipinski definition) is 5. The molecule has 1 aromatic heterocycles. The Labute approximate surface area is 121 Å². The maximum Gasteiger partial charge on any atom is 0.136 e. The maximum absolute atomic E-state index is 4.65. The van der Waals surface area contributed by atoms with Gasteiger partial charge in [0, 0.05) is 38.2 Å². The van der Waals surface area contributed by atoms with E-state index in [-0.39, 0.29) is 0 Å².